The number of rotatable bonds is 6. The Morgan fingerprint density at radius 1 is 1.35 bits per heavy atom. The topological polar surface area (TPSA) is 23.6 Å². The van der Waals surface area contributed by atoms with Crippen molar-refractivity contribution in [2.45, 2.75) is 33.2 Å². The monoisotopic (exact) mass is 318 g/mol. The second-order valence-electron chi connectivity index (χ2n) is 6.45. The standard InChI is InChI=1S/C19H27FN2O/c1-4-22(13-15(2)3)19(23)16-9-11-21(12-10-16)14-17-7-5-6-8-18(17)20/h5-8,16H,2,4,9-14H2,1,3H3. The van der Waals surface area contributed by atoms with E-state index in [4.69, 9.17) is 0 Å². The van der Waals surface area contributed by atoms with E-state index in [9.17, 15) is 9.18 Å². The number of carbonyl (C=O) groups is 1. The Labute approximate surface area is 138 Å². The summed E-state index contributed by atoms with van der Waals surface area (Å²) < 4.78 is 13.7. The zero-order valence-corrected chi connectivity index (χ0v) is 14.2. The molecule has 126 valence electrons. The summed E-state index contributed by atoms with van der Waals surface area (Å²) in [6, 6.07) is 6.91. The third kappa shape index (κ3) is 4.90. The lowest BCUT2D eigenvalue weighted by Crippen LogP contribution is -2.42. The van der Waals surface area contributed by atoms with E-state index in [1.807, 2.05) is 30.9 Å². The molecule has 1 amide bonds. The van der Waals surface area contributed by atoms with Gasteiger partial charge < -0.3 is 4.90 Å². The van der Waals surface area contributed by atoms with Gasteiger partial charge in [-0.2, -0.15) is 0 Å². The second kappa shape index (κ2) is 8.25. The number of halogens is 1. The van der Waals surface area contributed by atoms with Crippen molar-refractivity contribution in [3.63, 3.8) is 0 Å². The number of likely N-dealkylation sites (N-methyl/N-ethyl adjacent to an activating group) is 1. The van der Waals surface area contributed by atoms with Gasteiger partial charge in [0.2, 0.25) is 5.91 Å². The minimum atomic E-state index is -0.149. The fraction of sp³-hybridized carbons (Fsp3) is 0.526. The van der Waals surface area contributed by atoms with Gasteiger partial charge in [-0.15, -0.1) is 0 Å². The van der Waals surface area contributed by atoms with Gasteiger partial charge in [0.25, 0.3) is 0 Å². The van der Waals surface area contributed by atoms with Crippen LogP contribution in [0.15, 0.2) is 36.4 Å². The minimum absolute atomic E-state index is 0.0890. The quantitative estimate of drug-likeness (QED) is 0.750. The van der Waals surface area contributed by atoms with Gasteiger partial charge in [-0.05, 0) is 45.8 Å². The summed E-state index contributed by atoms with van der Waals surface area (Å²) in [5, 5.41) is 0. The van der Waals surface area contributed by atoms with Crippen LogP contribution in [0.5, 0.6) is 0 Å². The summed E-state index contributed by atoms with van der Waals surface area (Å²) in [5.74, 6) is 0.177. The van der Waals surface area contributed by atoms with Gasteiger partial charge in [0.15, 0.2) is 0 Å². The minimum Gasteiger partial charge on any atom is -0.339 e. The van der Waals surface area contributed by atoms with Crippen molar-refractivity contribution >= 4 is 5.91 Å². The normalized spacial score (nSPS) is 16.3. The predicted octanol–water partition coefficient (Wildman–Crippen LogP) is 3.46. The molecule has 23 heavy (non-hydrogen) atoms. The highest BCUT2D eigenvalue weighted by molar-refractivity contribution is 5.79. The zero-order chi connectivity index (χ0) is 16.8. The van der Waals surface area contributed by atoms with E-state index in [-0.39, 0.29) is 17.6 Å². The molecular formula is C19H27FN2O. The lowest BCUT2D eigenvalue weighted by molar-refractivity contribution is -0.136. The molecule has 1 aromatic carbocycles. The van der Waals surface area contributed by atoms with E-state index in [0.717, 1.165) is 43.6 Å². The first-order valence-corrected chi connectivity index (χ1v) is 8.40. The average molecular weight is 318 g/mol. The summed E-state index contributed by atoms with van der Waals surface area (Å²) in [6.45, 7) is 11.5. The number of benzene rings is 1. The Hall–Kier alpha value is -1.68. The van der Waals surface area contributed by atoms with Gasteiger partial charge >= 0.3 is 0 Å². The molecule has 0 radical (unpaired) electrons. The Morgan fingerprint density at radius 2 is 2.00 bits per heavy atom. The summed E-state index contributed by atoms with van der Waals surface area (Å²) in [4.78, 5) is 16.7. The molecule has 0 saturated carbocycles. The molecule has 0 atom stereocenters. The number of carbonyl (C=O) groups excluding carboxylic acids is 1. The van der Waals surface area contributed by atoms with Crippen LogP contribution in [-0.2, 0) is 11.3 Å². The summed E-state index contributed by atoms with van der Waals surface area (Å²) in [5.41, 5.74) is 1.74. The van der Waals surface area contributed by atoms with Crippen molar-refractivity contribution in [1.82, 2.24) is 9.80 Å². The number of piperidine rings is 1. The van der Waals surface area contributed by atoms with Crippen LogP contribution in [0.25, 0.3) is 0 Å². The van der Waals surface area contributed by atoms with Gasteiger partial charge in [-0.3, -0.25) is 9.69 Å². The van der Waals surface area contributed by atoms with E-state index in [2.05, 4.69) is 11.5 Å². The first kappa shape index (κ1) is 17.7. The van der Waals surface area contributed by atoms with Gasteiger partial charge in [-0.25, -0.2) is 4.39 Å². The van der Waals surface area contributed by atoms with Crippen molar-refractivity contribution in [2.24, 2.45) is 5.92 Å². The number of amides is 1. The maximum absolute atomic E-state index is 13.7. The van der Waals surface area contributed by atoms with E-state index >= 15 is 0 Å². The van der Waals surface area contributed by atoms with Crippen LogP contribution in [0, 0.1) is 11.7 Å². The van der Waals surface area contributed by atoms with Crippen molar-refractivity contribution in [2.75, 3.05) is 26.2 Å². The Kier molecular flexibility index (Phi) is 6.34. The van der Waals surface area contributed by atoms with Gasteiger partial charge in [0.05, 0.1) is 0 Å². The molecule has 3 nitrogen and oxygen atoms in total. The second-order valence-corrected chi connectivity index (χ2v) is 6.45. The molecule has 2 rings (SSSR count). The molecule has 4 heteroatoms. The third-order valence-corrected chi connectivity index (χ3v) is 4.44. The highest BCUT2D eigenvalue weighted by atomic mass is 19.1. The van der Waals surface area contributed by atoms with Crippen molar-refractivity contribution in [1.29, 1.82) is 0 Å². The van der Waals surface area contributed by atoms with Crippen molar-refractivity contribution < 1.29 is 9.18 Å². The molecular weight excluding hydrogens is 291 g/mol. The number of nitrogens with zero attached hydrogens (tertiary/aromatic N) is 2. The molecule has 0 N–H and O–H groups in total. The predicted molar refractivity (Wildman–Crippen MR) is 91.5 cm³/mol. The molecule has 1 aromatic rings. The van der Waals surface area contributed by atoms with Crippen LogP contribution >= 0.6 is 0 Å². The molecule has 1 aliphatic heterocycles. The number of hydrogen-bond donors (Lipinski definition) is 0. The Morgan fingerprint density at radius 3 is 2.57 bits per heavy atom. The molecule has 1 saturated heterocycles. The number of likely N-dealkylation sites (tertiary alicyclic amines) is 1. The van der Waals surface area contributed by atoms with Gasteiger partial charge in [0.1, 0.15) is 5.82 Å². The van der Waals surface area contributed by atoms with Gasteiger partial charge in [0, 0.05) is 31.1 Å². The lowest BCUT2D eigenvalue weighted by atomic mass is 9.94. The smallest absolute Gasteiger partial charge is 0.226 e. The van der Waals surface area contributed by atoms with E-state index in [0.29, 0.717) is 13.1 Å². The van der Waals surface area contributed by atoms with Crippen molar-refractivity contribution in [3.8, 4) is 0 Å². The van der Waals surface area contributed by atoms with E-state index in [1.54, 1.807) is 6.07 Å². The average Bonchev–Trinajstić information content (AvgIpc) is 2.54. The van der Waals surface area contributed by atoms with Crippen LogP contribution in [0.3, 0.4) is 0 Å². The Balaban J connectivity index is 1.87. The molecule has 0 aliphatic carbocycles. The van der Waals surface area contributed by atoms with Crippen LogP contribution in [0.2, 0.25) is 0 Å². The van der Waals surface area contributed by atoms with Gasteiger partial charge in [-0.1, -0.05) is 30.4 Å². The molecule has 0 unspecified atom stereocenters. The van der Waals surface area contributed by atoms with Crippen LogP contribution < -0.4 is 0 Å². The first-order valence-electron chi connectivity index (χ1n) is 8.40. The van der Waals surface area contributed by atoms with E-state index in [1.165, 1.54) is 6.07 Å². The molecule has 0 spiro atoms. The number of hydrogen-bond acceptors (Lipinski definition) is 2. The molecule has 1 aliphatic rings. The van der Waals surface area contributed by atoms with Crippen LogP contribution in [-0.4, -0.2) is 41.9 Å². The molecule has 1 fully saturated rings. The molecule has 1 heterocycles. The van der Waals surface area contributed by atoms with Crippen LogP contribution in [0.1, 0.15) is 32.3 Å². The summed E-state index contributed by atoms with van der Waals surface area (Å²) in [6.07, 6.45) is 1.69. The summed E-state index contributed by atoms with van der Waals surface area (Å²) in [7, 11) is 0. The highest BCUT2D eigenvalue weighted by Gasteiger charge is 2.28. The Bertz CT molecular complexity index is 550. The third-order valence-electron chi connectivity index (χ3n) is 4.44. The largest absolute Gasteiger partial charge is 0.339 e. The zero-order valence-electron chi connectivity index (χ0n) is 14.2. The fourth-order valence-corrected chi connectivity index (χ4v) is 3.14. The lowest BCUT2D eigenvalue weighted by Gasteiger charge is -2.34. The highest BCUT2D eigenvalue weighted by Crippen LogP contribution is 2.22. The SMILES string of the molecule is C=C(C)CN(CC)C(=O)C1CCN(Cc2ccccc2F)CC1. The van der Waals surface area contributed by atoms with Crippen LogP contribution in [0.4, 0.5) is 4.39 Å². The molecule has 0 bridgehead atoms. The fourth-order valence-electron chi connectivity index (χ4n) is 3.14. The van der Waals surface area contributed by atoms with Crippen molar-refractivity contribution in [3.05, 3.63) is 47.8 Å². The summed E-state index contributed by atoms with van der Waals surface area (Å²) >= 11 is 0. The molecule has 0 aromatic heterocycles. The maximum atomic E-state index is 13.7. The van der Waals surface area contributed by atoms with E-state index < -0.39 is 0 Å². The first-order chi connectivity index (χ1) is 11.0. The maximum Gasteiger partial charge on any atom is 0.226 e.